The van der Waals surface area contributed by atoms with E-state index >= 15 is 0 Å². The molecule has 0 aromatic heterocycles. The van der Waals surface area contributed by atoms with E-state index in [1.54, 1.807) is 0 Å². The first-order chi connectivity index (χ1) is 19.4. The Labute approximate surface area is 235 Å². The first-order valence-electron chi connectivity index (χ1n) is 13.6. The number of rotatable bonds is 10. The molecule has 2 aliphatic heterocycles. The van der Waals surface area contributed by atoms with Crippen molar-refractivity contribution in [2.45, 2.75) is 25.3 Å². The van der Waals surface area contributed by atoms with Crippen molar-refractivity contribution in [1.82, 2.24) is 15.1 Å². The fourth-order valence-electron chi connectivity index (χ4n) is 5.32. The molecule has 1 unspecified atom stereocenters. The van der Waals surface area contributed by atoms with Gasteiger partial charge in [-0.25, -0.2) is 4.57 Å². The van der Waals surface area contributed by atoms with Crippen molar-refractivity contribution in [3.8, 4) is 5.75 Å². The lowest BCUT2D eigenvalue weighted by Crippen LogP contribution is -2.40. The third-order valence-corrected chi connectivity index (χ3v) is 8.50. The largest absolute Gasteiger partial charge is 0.424 e. The number of benzene rings is 3. The number of nitrogens with one attached hydrogen (secondary N) is 1. The molecule has 2 aliphatic rings. The van der Waals surface area contributed by atoms with Crippen LogP contribution in [0.25, 0.3) is 0 Å². The van der Waals surface area contributed by atoms with Crippen molar-refractivity contribution < 1.29 is 22.8 Å². The van der Waals surface area contributed by atoms with Crippen LogP contribution < -0.4 is 9.84 Å². The lowest BCUT2D eigenvalue weighted by molar-refractivity contribution is -0.120. The molecule has 0 saturated carbocycles. The second-order valence-corrected chi connectivity index (χ2v) is 12.4. The molecule has 0 spiro atoms. The van der Waals surface area contributed by atoms with Gasteiger partial charge in [0.25, 0.3) is 5.91 Å². The van der Waals surface area contributed by atoms with Gasteiger partial charge in [0.15, 0.2) is 0 Å². The lowest BCUT2D eigenvalue weighted by Gasteiger charge is -2.38. The SMILES string of the molecule is CP(=O)(OCN1C=C(F)C(=O)NC1)Oc1ccc(CC2CCN(C(c3ccccc3)c3ccccc3)CC2)cc1. The molecule has 9 heteroatoms. The highest BCUT2D eigenvalue weighted by atomic mass is 31.2. The molecule has 1 amide bonds. The van der Waals surface area contributed by atoms with E-state index < -0.39 is 19.3 Å². The Morgan fingerprint density at radius 3 is 2.12 bits per heavy atom. The van der Waals surface area contributed by atoms with Crippen LogP contribution in [0.3, 0.4) is 0 Å². The summed E-state index contributed by atoms with van der Waals surface area (Å²) in [6.45, 7) is 3.34. The zero-order chi connectivity index (χ0) is 28.0. The molecule has 0 bridgehead atoms. The Hall–Kier alpha value is -3.45. The van der Waals surface area contributed by atoms with Gasteiger partial charge >= 0.3 is 7.60 Å². The van der Waals surface area contributed by atoms with E-state index in [0.29, 0.717) is 11.7 Å². The summed E-state index contributed by atoms with van der Waals surface area (Å²) < 4.78 is 37.2. The lowest BCUT2D eigenvalue weighted by atomic mass is 9.87. The molecule has 210 valence electrons. The molecule has 40 heavy (non-hydrogen) atoms. The second kappa shape index (κ2) is 12.8. The Kier molecular flexibility index (Phi) is 9.00. The number of carbonyl (C=O) groups is 1. The van der Waals surface area contributed by atoms with E-state index in [4.69, 9.17) is 9.05 Å². The second-order valence-electron chi connectivity index (χ2n) is 10.4. The molecule has 5 rings (SSSR count). The third kappa shape index (κ3) is 7.39. The van der Waals surface area contributed by atoms with Gasteiger partial charge in [0.05, 0.1) is 12.7 Å². The molecule has 3 aromatic rings. The van der Waals surface area contributed by atoms with E-state index in [0.717, 1.165) is 38.6 Å². The summed E-state index contributed by atoms with van der Waals surface area (Å²) in [5, 5.41) is 2.36. The standard InChI is InChI=1S/C31H35FN3O4P/c1-40(37,38-23-34-21-29(32)31(36)33-22-34)39-28-14-12-24(13-15-28)20-25-16-18-35(19-17-25)30(26-8-4-2-5-9-26)27-10-6-3-7-11-27/h2-15,21,25,30H,16-20,22-23H2,1H3,(H,33,36). The predicted molar refractivity (Wildman–Crippen MR) is 153 cm³/mol. The third-order valence-electron chi connectivity index (χ3n) is 7.38. The maximum Gasteiger partial charge on any atom is 0.377 e. The van der Waals surface area contributed by atoms with Gasteiger partial charge in [0.1, 0.15) is 12.5 Å². The summed E-state index contributed by atoms with van der Waals surface area (Å²) in [5.41, 5.74) is 3.86. The van der Waals surface area contributed by atoms with Crippen molar-refractivity contribution in [2.24, 2.45) is 5.92 Å². The predicted octanol–water partition coefficient (Wildman–Crippen LogP) is 6.11. The van der Waals surface area contributed by atoms with Crippen molar-refractivity contribution in [2.75, 3.05) is 33.2 Å². The van der Waals surface area contributed by atoms with Gasteiger partial charge in [0.2, 0.25) is 5.83 Å². The summed E-state index contributed by atoms with van der Waals surface area (Å²) in [7, 11) is -3.45. The van der Waals surface area contributed by atoms with Crippen molar-refractivity contribution in [3.63, 3.8) is 0 Å². The van der Waals surface area contributed by atoms with Gasteiger partial charge in [-0.15, -0.1) is 0 Å². The number of hydrogen-bond acceptors (Lipinski definition) is 6. The van der Waals surface area contributed by atoms with Gasteiger partial charge < -0.3 is 14.7 Å². The molecule has 1 atom stereocenters. The zero-order valence-corrected chi connectivity index (χ0v) is 23.5. The highest BCUT2D eigenvalue weighted by Crippen LogP contribution is 2.44. The van der Waals surface area contributed by atoms with Gasteiger partial charge in [-0.1, -0.05) is 72.8 Å². The fraction of sp³-hybridized carbons (Fsp3) is 0.323. The molecule has 1 N–H and O–H groups in total. The molecule has 7 nitrogen and oxygen atoms in total. The number of likely N-dealkylation sites (tertiary alicyclic amines) is 1. The first kappa shape index (κ1) is 28.1. The average Bonchev–Trinajstić information content (AvgIpc) is 2.97. The van der Waals surface area contributed by atoms with Crippen LogP contribution in [0.15, 0.2) is 97.0 Å². The summed E-state index contributed by atoms with van der Waals surface area (Å²) in [6, 6.07) is 29.4. The van der Waals surface area contributed by atoms with E-state index in [1.165, 1.54) is 28.3 Å². The summed E-state index contributed by atoms with van der Waals surface area (Å²) >= 11 is 0. The maximum absolute atomic E-state index is 13.4. The molecule has 0 aliphatic carbocycles. The van der Waals surface area contributed by atoms with Crippen LogP contribution in [-0.4, -0.2) is 48.9 Å². The minimum absolute atomic E-state index is 0.0685. The van der Waals surface area contributed by atoms with E-state index in [2.05, 4.69) is 70.9 Å². The minimum Gasteiger partial charge on any atom is -0.424 e. The Morgan fingerprint density at radius 1 is 0.950 bits per heavy atom. The van der Waals surface area contributed by atoms with Crippen LogP contribution in [0.1, 0.15) is 35.6 Å². The molecule has 0 radical (unpaired) electrons. The Morgan fingerprint density at radius 2 is 1.55 bits per heavy atom. The number of carbonyl (C=O) groups excluding carboxylic acids is 1. The van der Waals surface area contributed by atoms with Crippen LogP contribution >= 0.6 is 7.60 Å². The van der Waals surface area contributed by atoms with Crippen LogP contribution in [0.5, 0.6) is 5.75 Å². The number of amides is 1. The van der Waals surface area contributed by atoms with Crippen molar-refractivity contribution >= 4 is 13.5 Å². The van der Waals surface area contributed by atoms with E-state index in [1.807, 2.05) is 24.3 Å². The number of nitrogens with zero attached hydrogens (tertiary/aromatic N) is 2. The van der Waals surface area contributed by atoms with Crippen LogP contribution in [0.2, 0.25) is 0 Å². The highest BCUT2D eigenvalue weighted by Gasteiger charge is 2.28. The molecule has 3 aromatic carbocycles. The smallest absolute Gasteiger partial charge is 0.377 e. The molecule has 1 fully saturated rings. The first-order valence-corrected chi connectivity index (χ1v) is 15.6. The van der Waals surface area contributed by atoms with Crippen LogP contribution in [0, 0.1) is 5.92 Å². The number of piperidine rings is 1. The van der Waals surface area contributed by atoms with Crippen LogP contribution in [-0.2, 0) is 20.3 Å². The molecular formula is C31H35FN3O4P. The van der Waals surface area contributed by atoms with Crippen LogP contribution in [0.4, 0.5) is 4.39 Å². The van der Waals surface area contributed by atoms with Gasteiger partial charge in [-0.2, -0.15) is 4.39 Å². The maximum atomic E-state index is 13.4. The summed E-state index contributed by atoms with van der Waals surface area (Å²) in [6.07, 6.45) is 4.26. The zero-order valence-electron chi connectivity index (χ0n) is 22.6. The van der Waals surface area contributed by atoms with Crippen molar-refractivity contribution in [1.29, 1.82) is 0 Å². The molecule has 1 saturated heterocycles. The Balaban J connectivity index is 1.13. The molecular weight excluding hydrogens is 528 g/mol. The quantitative estimate of drug-likeness (QED) is 0.301. The van der Waals surface area contributed by atoms with Crippen molar-refractivity contribution in [3.05, 3.63) is 114 Å². The van der Waals surface area contributed by atoms with Gasteiger partial charge in [-0.05, 0) is 67.1 Å². The fourth-order valence-corrected chi connectivity index (χ4v) is 6.24. The molecule has 2 heterocycles. The van der Waals surface area contributed by atoms with E-state index in [-0.39, 0.29) is 19.4 Å². The van der Waals surface area contributed by atoms with E-state index in [9.17, 15) is 13.8 Å². The minimum atomic E-state index is -3.45. The Bertz CT molecular complexity index is 1310. The normalized spacial score (nSPS) is 18.2. The topological polar surface area (TPSA) is 71.1 Å². The number of halogens is 1. The van der Waals surface area contributed by atoms with Gasteiger partial charge in [0, 0.05) is 12.9 Å². The summed E-state index contributed by atoms with van der Waals surface area (Å²) in [5.74, 6) is -0.655. The average molecular weight is 564 g/mol. The monoisotopic (exact) mass is 563 g/mol. The van der Waals surface area contributed by atoms with Gasteiger partial charge in [-0.3, -0.25) is 14.2 Å². The summed E-state index contributed by atoms with van der Waals surface area (Å²) in [4.78, 5) is 15.1. The highest BCUT2D eigenvalue weighted by molar-refractivity contribution is 7.53. The number of hydrogen-bond donors (Lipinski definition) is 1.